The van der Waals surface area contributed by atoms with Crippen molar-refractivity contribution in [1.82, 2.24) is 15.1 Å². The number of amides is 3. The molecule has 3 rings (SSSR count). The van der Waals surface area contributed by atoms with E-state index in [0.29, 0.717) is 18.4 Å². The molecule has 2 aromatic carbocycles. The van der Waals surface area contributed by atoms with Gasteiger partial charge in [0.15, 0.2) is 0 Å². The number of nitro benzene ring substituents is 1. The summed E-state index contributed by atoms with van der Waals surface area (Å²) in [6.07, 6.45) is 1.04. The van der Waals surface area contributed by atoms with Crippen LogP contribution in [0.1, 0.15) is 38.2 Å². The van der Waals surface area contributed by atoms with E-state index < -0.39 is 71.1 Å². The van der Waals surface area contributed by atoms with Gasteiger partial charge in [-0.3, -0.25) is 29.3 Å². The minimum Gasteiger partial charge on any atom is -0.481 e. The second kappa shape index (κ2) is 17.0. The maximum atomic E-state index is 13.8. The van der Waals surface area contributed by atoms with Crippen LogP contribution in [0.3, 0.4) is 0 Å². The number of benzene rings is 2. The van der Waals surface area contributed by atoms with E-state index in [4.69, 9.17) is 15.2 Å². The Morgan fingerprint density at radius 2 is 1.75 bits per heavy atom. The smallest absolute Gasteiger partial charge is 0.349 e. The summed E-state index contributed by atoms with van der Waals surface area (Å²) in [4.78, 5) is 91.7. The Labute approximate surface area is 276 Å². The average molecular weight is 670 g/mol. The van der Waals surface area contributed by atoms with Crippen molar-refractivity contribution < 1.29 is 48.3 Å². The van der Waals surface area contributed by atoms with E-state index in [1.165, 1.54) is 19.2 Å². The van der Waals surface area contributed by atoms with Crippen LogP contribution in [0.25, 0.3) is 0 Å². The SMILES string of the molecule is CCCCOC(=O)[C@@]1(C(=O)Oc2ccc([N+](=O)[O-])cc2)CCCN1C(=O)CN(C)C(=O)[C@@H](NC(=O)CN)C(Cc1ccccc1)C(=O)O. The number of carboxylic acid groups (broad SMARTS) is 1. The predicted molar refractivity (Wildman–Crippen MR) is 168 cm³/mol. The number of carbonyl (C=O) groups is 6. The van der Waals surface area contributed by atoms with Gasteiger partial charge in [-0.25, -0.2) is 9.59 Å². The molecule has 1 fully saturated rings. The van der Waals surface area contributed by atoms with Crippen LogP contribution in [-0.2, 0) is 39.9 Å². The van der Waals surface area contributed by atoms with Gasteiger partial charge >= 0.3 is 17.9 Å². The molecule has 0 aliphatic carbocycles. The van der Waals surface area contributed by atoms with Gasteiger partial charge < -0.3 is 35.4 Å². The number of non-ortho nitro benzene ring substituents is 1. The number of esters is 2. The van der Waals surface area contributed by atoms with Gasteiger partial charge in [-0.05, 0) is 43.4 Å². The first-order valence-electron chi connectivity index (χ1n) is 15.3. The van der Waals surface area contributed by atoms with Gasteiger partial charge in [0.25, 0.3) is 5.69 Å². The number of hydrogen-bond donors (Lipinski definition) is 3. The second-order valence-electron chi connectivity index (χ2n) is 11.2. The van der Waals surface area contributed by atoms with Gasteiger partial charge in [0, 0.05) is 25.7 Å². The third-order valence-electron chi connectivity index (χ3n) is 7.88. The van der Waals surface area contributed by atoms with E-state index in [9.17, 15) is 44.0 Å². The summed E-state index contributed by atoms with van der Waals surface area (Å²) < 4.78 is 10.8. The van der Waals surface area contributed by atoms with E-state index in [-0.39, 0.29) is 43.9 Å². The summed E-state index contributed by atoms with van der Waals surface area (Å²) in [7, 11) is 1.22. The van der Waals surface area contributed by atoms with E-state index in [2.05, 4.69) is 5.32 Å². The van der Waals surface area contributed by atoms with E-state index in [0.717, 1.165) is 21.9 Å². The number of nitrogens with one attached hydrogen (secondary N) is 1. The molecule has 16 nitrogen and oxygen atoms in total. The summed E-state index contributed by atoms with van der Waals surface area (Å²) in [5.41, 5.74) is 3.52. The molecule has 0 aromatic heterocycles. The van der Waals surface area contributed by atoms with Crippen LogP contribution in [0.4, 0.5) is 5.69 Å². The molecule has 0 saturated carbocycles. The minimum absolute atomic E-state index is 0.0389. The molecular weight excluding hydrogens is 630 g/mol. The molecular formula is C32H39N5O11. The number of rotatable bonds is 16. The van der Waals surface area contributed by atoms with Crippen molar-refractivity contribution in [2.24, 2.45) is 11.7 Å². The lowest BCUT2D eigenvalue weighted by Gasteiger charge is -2.35. The molecule has 1 aliphatic rings. The number of aliphatic carboxylic acids is 1. The van der Waals surface area contributed by atoms with E-state index >= 15 is 0 Å². The molecule has 0 spiro atoms. The lowest BCUT2D eigenvalue weighted by atomic mass is 9.91. The summed E-state index contributed by atoms with van der Waals surface area (Å²) >= 11 is 0. The Hall–Kier alpha value is -5.38. The second-order valence-corrected chi connectivity index (χ2v) is 11.2. The molecule has 1 heterocycles. The average Bonchev–Trinajstić information content (AvgIpc) is 3.53. The monoisotopic (exact) mass is 669 g/mol. The van der Waals surface area contributed by atoms with Gasteiger partial charge in [-0.15, -0.1) is 0 Å². The highest BCUT2D eigenvalue weighted by molar-refractivity contribution is 6.09. The minimum atomic E-state index is -2.24. The normalized spacial score (nSPS) is 16.7. The third-order valence-corrected chi connectivity index (χ3v) is 7.88. The molecule has 1 saturated heterocycles. The van der Waals surface area contributed by atoms with Gasteiger partial charge in [-0.2, -0.15) is 0 Å². The number of carboxylic acids is 1. The highest BCUT2D eigenvalue weighted by atomic mass is 16.6. The van der Waals surface area contributed by atoms with Crippen molar-refractivity contribution in [2.45, 2.75) is 50.6 Å². The molecule has 258 valence electrons. The fourth-order valence-electron chi connectivity index (χ4n) is 5.31. The number of ether oxygens (including phenoxy) is 2. The molecule has 16 heteroatoms. The van der Waals surface area contributed by atoms with Crippen molar-refractivity contribution in [2.75, 3.05) is 33.3 Å². The maximum absolute atomic E-state index is 13.8. The van der Waals surface area contributed by atoms with Crippen LogP contribution in [0, 0.1) is 16.0 Å². The molecule has 3 atom stereocenters. The van der Waals surface area contributed by atoms with Crippen molar-refractivity contribution in [3.8, 4) is 5.75 Å². The maximum Gasteiger partial charge on any atom is 0.349 e. The lowest BCUT2D eigenvalue weighted by Crippen LogP contribution is -2.62. The van der Waals surface area contributed by atoms with Crippen molar-refractivity contribution in [3.05, 3.63) is 70.3 Å². The van der Waals surface area contributed by atoms with Crippen LogP contribution >= 0.6 is 0 Å². The van der Waals surface area contributed by atoms with Gasteiger partial charge in [0.2, 0.25) is 23.3 Å². The molecule has 1 unspecified atom stereocenters. The first-order valence-corrected chi connectivity index (χ1v) is 15.3. The number of likely N-dealkylation sites (N-methyl/N-ethyl adjacent to an activating group) is 1. The number of nitro groups is 1. The van der Waals surface area contributed by atoms with Crippen molar-refractivity contribution >= 4 is 41.3 Å². The zero-order valence-corrected chi connectivity index (χ0v) is 26.7. The highest BCUT2D eigenvalue weighted by Crippen LogP contribution is 2.34. The van der Waals surface area contributed by atoms with Gasteiger partial charge in [0.1, 0.15) is 11.8 Å². The van der Waals surface area contributed by atoms with Gasteiger partial charge in [0.05, 0.1) is 30.5 Å². The quantitative estimate of drug-likeness (QED) is 0.0569. The highest BCUT2D eigenvalue weighted by Gasteiger charge is 2.58. The van der Waals surface area contributed by atoms with Crippen molar-refractivity contribution in [1.29, 1.82) is 0 Å². The number of likely N-dealkylation sites (tertiary alicyclic amines) is 1. The third kappa shape index (κ3) is 8.90. The fourth-order valence-corrected chi connectivity index (χ4v) is 5.31. The lowest BCUT2D eigenvalue weighted by molar-refractivity contribution is -0.384. The summed E-state index contributed by atoms with van der Waals surface area (Å²) in [6, 6.07) is 11.4. The first-order chi connectivity index (χ1) is 22.8. The molecule has 0 bridgehead atoms. The number of unbranched alkanes of at least 4 members (excludes halogenated alkanes) is 1. The van der Waals surface area contributed by atoms with Crippen LogP contribution in [-0.4, -0.2) is 100 Å². The predicted octanol–water partition coefficient (Wildman–Crippen LogP) is 1.05. The Morgan fingerprint density at radius 1 is 1.08 bits per heavy atom. The van der Waals surface area contributed by atoms with Crippen LogP contribution in [0.15, 0.2) is 54.6 Å². The fraction of sp³-hybridized carbons (Fsp3) is 0.438. The topological polar surface area (TPSA) is 229 Å². The largest absolute Gasteiger partial charge is 0.481 e. The Bertz CT molecular complexity index is 1500. The Morgan fingerprint density at radius 3 is 2.33 bits per heavy atom. The summed E-state index contributed by atoms with van der Waals surface area (Å²) in [6.45, 7) is 0.501. The zero-order valence-electron chi connectivity index (χ0n) is 26.7. The van der Waals surface area contributed by atoms with E-state index in [1.54, 1.807) is 30.3 Å². The first kappa shape index (κ1) is 37.1. The van der Waals surface area contributed by atoms with Crippen LogP contribution in [0.5, 0.6) is 5.75 Å². The Kier molecular flexibility index (Phi) is 13.1. The molecule has 4 N–H and O–H groups in total. The molecule has 1 aliphatic heterocycles. The van der Waals surface area contributed by atoms with Crippen molar-refractivity contribution in [3.63, 3.8) is 0 Å². The molecule has 48 heavy (non-hydrogen) atoms. The summed E-state index contributed by atoms with van der Waals surface area (Å²) in [5, 5.41) is 23.4. The zero-order chi connectivity index (χ0) is 35.4. The Balaban J connectivity index is 1.89. The van der Waals surface area contributed by atoms with Gasteiger partial charge in [-0.1, -0.05) is 43.7 Å². The standard InChI is InChI=1S/C32H39N5O11/c1-3-4-17-47-30(43)32(31(44)48-23-13-11-22(12-14-23)37(45)46)15-8-16-36(32)26(39)20-35(2)28(40)27(34-25(38)19-33)24(29(41)42)18-21-9-6-5-7-10-21/h5-7,9-14,24,27H,3-4,8,15-20,33H2,1-2H3,(H,34,38)(H,41,42)/t24?,27-,32+/m0/s1. The number of hydrogen-bond acceptors (Lipinski definition) is 11. The number of nitrogens with zero attached hydrogens (tertiary/aromatic N) is 3. The number of carbonyl (C=O) groups excluding carboxylic acids is 5. The molecule has 3 amide bonds. The van der Waals surface area contributed by atoms with Crippen LogP contribution in [0.2, 0.25) is 0 Å². The van der Waals surface area contributed by atoms with E-state index in [1.807, 2.05) is 6.92 Å². The van der Waals surface area contributed by atoms with Crippen LogP contribution < -0.4 is 15.8 Å². The summed E-state index contributed by atoms with van der Waals surface area (Å²) in [5.74, 6) is -7.69. The molecule has 2 aromatic rings. The number of nitrogens with two attached hydrogens (primary N) is 1. The molecule has 0 radical (unpaired) electrons.